The number of hydrogen-bond donors (Lipinski definition) is 1. The first-order chi connectivity index (χ1) is 8.08. The van der Waals surface area contributed by atoms with Crippen molar-refractivity contribution in [1.29, 1.82) is 0 Å². The van der Waals surface area contributed by atoms with E-state index < -0.39 is 0 Å². The smallest absolute Gasteiger partial charge is 0.165 e. The van der Waals surface area contributed by atoms with Crippen molar-refractivity contribution in [2.75, 3.05) is 14.2 Å². The molecule has 2 rings (SSSR count). The molecule has 0 aromatic heterocycles. The molecule has 1 aromatic rings. The SMILES string of the molecule is COc1cccc(CNC2CC2(C)C)c1OC. The fourth-order valence-corrected chi connectivity index (χ4v) is 2.14. The molecule has 1 aliphatic carbocycles. The summed E-state index contributed by atoms with van der Waals surface area (Å²) in [5, 5.41) is 3.55. The summed E-state index contributed by atoms with van der Waals surface area (Å²) < 4.78 is 10.7. The van der Waals surface area contributed by atoms with E-state index in [2.05, 4.69) is 25.2 Å². The summed E-state index contributed by atoms with van der Waals surface area (Å²) in [5.41, 5.74) is 1.60. The normalized spacial score (nSPS) is 21.1. The highest BCUT2D eigenvalue weighted by molar-refractivity contribution is 5.46. The Hall–Kier alpha value is -1.22. The lowest BCUT2D eigenvalue weighted by atomic mass is 10.1. The van der Waals surface area contributed by atoms with Crippen molar-refractivity contribution >= 4 is 0 Å². The summed E-state index contributed by atoms with van der Waals surface area (Å²) in [7, 11) is 3.35. The van der Waals surface area contributed by atoms with E-state index in [-0.39, 0.29) is 0 Å². The lowest BCUT2D eigenvalue weighted by Gasteiger charge is -2.13. The minimum atomic E-state index is 0.450. The summed E-state index contributed by atoms with van der Waals surface area (Å²) in [6.07, 6.45) is 1.25. The van der Waals surface area contributed by atoms with Crippen molar-refractivity contribution < 1.29 is 9.47 Å². The van der Waals surface area contributed by atoms with Crippen molar-refractivity contribution in [1.82, 2.24) is 5.32 Å². The third-order valence-electron chi connectivity index (χ3n) is 3.54. The molecule has 1 saturated carbocycles. The Kier molecular flexibility index (Phi) is 3.29. The molecule has 17 heavy (non-hydrogen) atoms. The van der Waals surface area contributed by atoms with Crippen LogP contribution in [-0.2, 0) is 6.54 Å². The van der Waals surface area contributed by atoms with Gasteiger partial charge in [0.15, 0.2) is 11.5 Å². The van der Waals surface area contributed by atoms with Crippen LogP contribution in [0.3, 0.4) is 0 Å². The van der Waals surface area contributed by atoms with Crippen LogP contribution in [0, 0.1) is 5.41 Å². The highest BCUT2D eigenvalue weighted by Gasteiger charge is 2.45. The van der Waals surface area contributed by atoms with Crippen molar-refractivity contribution in [2.45, 2.75) is 32.9 Å². The quantitative estimate of drug-likeness (QED) is 0.851. The van der Waals surface area contributed by atoms with E-state index in [4.69, 9.17) is 9.47 Å². The minimum absolute atomic E-state index is 0.450. The average Bonchev–Trinajstić information content (AvgIpc) is 2.93. The molecule has 0 saturated heterocycles. The summed E-state index contributed by atoms with van der Waals surface area (Å²) in [4.78, 5) is 0. The highest BCUT2D eigenvalue weighted by atomic mass is 16.5. The first-order valence-corrected chi connectivity index (χ1v) is 6.02. The molecule has 3 nitrogen and oxygen atoms in total. The molecule has 0 radical (unpaired) electrons. The molecular formula is C14H21NO2. The van der Waals surface area contributed by atoms with Crippen molar-refractivity contribution in [3.8, 4) is 11.5 Å². The van der Waals surface area contributed by atoms with Gasteiger partial charge in [0.05, 0.1) is 14.2 Å². The van der Waals surface area contributed by atoms with Gasteiger partial charge in [-0.15, -0.1) is 0 Å². The van der Waals surface area contributed by atoms with Gasteiger partial charge in [-0.1, -0.05) is 26.0 Å². The molecule has 0 spiro atoms. The third kappa shape index (κ3) is 2.55. The molecule has 0 amide bonds. The molecule has 1 fully saturated rings. The van der Waals surface area contributed by atoms with Gasteiger partial charge in [-0.25, -0.2) is 0 Å². The predicted octanol–water partition coefficient (Wildman–Crippen LogP) is 2.59. The van der Waals surface area contributed by atoms with E-state index >= 15 is 0 Å². The zero-order valence-corrected chi connectivity index (χ0v) is 11.0. The average molecular weight is 235 g/mol. The van der Waals surface area contributed by atoms with Crippen LogP contribution in [0.15, 0.2) is 18.2 Å². The molecule has 3 heteroatoms. The molecule has 1 atom stereocenters. The fraction of sp³-hybridized carbons (Fsp3) is 0.571. The van der Waals surface area contributed by atoms with Gasteiger partial charge < -0.3 is 14.8 Å². The predicted molar refractivity (Wildman–Crippen MR) is 68.6 cm³/mol. The van der Waals surface area contributed by atoms with Gasteiger partial charge in [0, 0.05) is 18.2 Å². The van der Waals surface area contributed by atoms with E-state index in [0.717, 1.165) is 23.6 Å². The molecule has 1 unspecified atom stereocenters. The zero-order chi connectivity index (χ0) is 12.5. The summed E-state index contributed by atoms with van der Waals surface area (Å²) in [6.45, 7) is 5.40. The first-order valence-electron chi connectivity index (χ1n) is 6.02. The van der Waals surface area contributed by atoms with Crippen LogP contribution in [0.5, 0.6) is 11.5 Å². The second kappa shape index (κ2) is 4.57. The number of rotatable bonds is 5. The summed E-state index contributed by atoms with van der Waals surface area (Å²) in [5.74, 6) is 1.63. The van der Waals surface area contributed by atoms with Gasteiger partial charge in [-0.05, 0) is 17.9 Å². The van der Waals surface area contributed by atoms with Crippen LogP contribution >= 0.6 is 0 Å². The van der Waals surface area contributed by atoms with Crippen LogP contribution in [0.4, 0.5) is 0 Å². The fourth-order valence-electron chi connectivity index (χ4n) is 2.14. The topological polar surface area (TPSA) is 30.5 Å². The molecule has 94 valence electrons. The first kappa shape index (κ1) is 12.2. The Morgan fingerprint density at radius 2 is 2.00 bits per heavy atom. The maximum Gasteiger partial charge on any atom is 0.165 e. The molecule has 1 N–H and O–H groups in total. The van der Waals surface area contributed by atoms with E-state index in [9.17, 15) is 0 Å². The Labute approximate surface area is 103 Å². The van der Waals surface area contributed by atoms with Crippen molar-refractivity contribution in [3.05, 3.63) is 23.8 Å². The van der Waals surface area contributed by atoms with Crippen LogP contribution in [0.25, 0.3) is 0 Å². The van der Waals surface area contributed by atoms with Gasteiger partial charge in [0.2, 0.25) is 0 Å². The number of para-hydroxylation sites is 1. The third-order valence-corrected chi connectivity index (χ3v) is 3.54. The number of nitrogens with one attached hydrogen (secondary N) is 1. The summed E-state index contributed by atoms with van der Waals surface area (Å²) >= 11 is 0. The maximum atomic E-state index is 5.41. The van der Waals surface area contributed by atoms with Gasteiger partial charge in [-0.3, -0.25) is 0 Å². The van der Waals surface area contributed by atoms with Gasteiger partial charge >= 0.3 is 0 Å². The van der Waals surface area contributed by atoms with Crippen LogP contribution in [0.1, 0.15) is 25.8 Å². The van der Waals surface area contributed by atoms with Gasteiger partial charge in [0.1, 0.15) is 0 Å². The minimum Gasteiger partial charge on any atom is -0.493 e. The highest BCUT2D eigenvalue weighted by Crippen LogP contribution is 2.45. The molecule has 0 heterocycles. The number of benzene rings is 1. The molecule has 1 aromatic carbocycles. The second-order valence-corrected chi connectivity index (χ2v) is 5.28. The number of ether oxygens (including phenoxy) is 2. The molecule has 0 aliphatic heterocycles. The largest absolute Gasteiger partial charge is 0.493 e. The Morgan fingerprint density at radius 3 is 2.53 bits per heavy atom. The molecule has 0 bridgehead atoms. The maximum absolute atomic E-state index is 5.41. The van der Waals surface area contributed by atoms with Gasteiger partial charge in [0.25, 0.3) is 0 Å². The van der Waals surface area contributed by atoms with Gasteiger partial charge in [-0.2, -0.15) is 0 Å². The van der Waals surface area contributed by atoms with E-state index in [1.807, 2.05) is 12.1 Å². The van der Waals surface area contributed by atoms with Crippen LogP contribution in [0.2, 0.25) is 0 Å². The summed E-state index contributed by atoms with van der Waals surface area (Å²) in [6, 6.07) is 6.61. The Bertz CT molecular complexity index is 401. The molecular weight excluding hydrogens is 214 g/mol. The zero-order valence-electron chi connectivity index (χ0n) is 11.0. The van der Waals surface area contributed by atoms with E-state index in [1.54, 1.807) is 14.2 Å². The standard InChI is InChI=1S/C14H21NO2/c1-14(2)8-12(14)15-9-10-6-5-7-11(16-3)13(10)17-4/h5-7,12,15H,8-9H2,1-4H3. The lowest BCUT2D eigenvalue weighted by molar-refractivity contribution is 0.350. The van der Waals surface area contributed by atoms with Crippen LogP contribution in [-0.4, -0.2) is 20.3 Å². The van der Waals surface area contributed by atoms with Crippen LogP contribution < -0.4 is 14.8 Å². The van der Waals surface area contributed by atoms with E-state index in [1.165, 1.54) is 6.42 Å². The van der Waals surface area contributed by atoms with Crippen molar-refractivity contribution in [2.24, 2.45) is 5.41 Å². The van der Waals surface area contributed by atoms with E-state index in [0.29, 0.717) is 11.5 Å². The Morgan fingerprint density at radius 1 is 1.29 bits per heavy atom. The number of methoxy groups -OCH3 is 2. The monoisotopic (exact) mass is 235 g/mol. The number of hydrogen-bond acceptors (Lipinski definition) is 3. The van der Waals surface area contributed by atoms with Crippen molar-refractivity contribution in [3.63, 3.8) is 0 Å². The Balaban J connectivity index is 2.05. The second-order valence-electron chi connectivity index (χ2n) is 5.28. The lowest BCUT2D eigenvalue weighted by Crippen LogP contribution is -2.20. The molecule has 1 aliphatic rings.